The maximum Gasteiger partial charge on any atom is 0.339 e. The molecule has 0 saturated carbocycles. The Labute approximate surface area is 143 Å². The van der Waals surface area contributed by atoms with Gasteiger partial charge in [0.05, 0.1) is 12.7 Å². The van der Waals surface area contributed by atoms with Crippen LogP contribution in [0, 0.1) is 11.6 Å². The van der Waals surface area contributed by atoms with Gasteiger partial charge in [-0.25, -0.2) is 13.6 Å². The highest BCUT2D eigenvalue weighted by atomic mass is 19.1. The fourth-order valence-electron chi connectivity index (χ4n) is 2.51. The minimum atomic E-state index is -0.970. The Morgan fingerprint density at radius 1 is 1.16 bits per heavy atom. The summed E-state index contributed by atoms with van der Waals surface area (Å²) in [6.07, 6.45) is -0.970. The van der Waals surface area contributed by atoms with Gasteiger partial charge in [-0.3, -0.25) is 0 Å². The van der Waals surface area contributed by atoms with Gasteiger partial charge in [-0.05, 0) is 37.3 Å². The van der Waals surface area contributed by atoms with Gasteiger partial charge >= 0.3 is 5.97 Å². The Morgan fingerprint density at radius 2 is 1.92 bits per heavy atom. The minimum absolute atomic E-state index is 0.0436. The highest BCUT2D eigenvalue weighted by Crippen LogP contribution is 2.40. The summed E-state index contributed by atoms with van der Waals surface area (Å²) in [5.74, 6) is -0.876. The standard InChI is InChI=1S/C18H16F2O5/c1-10(13-9-12(19)3-4-14(13)20)25-18(21)11-7-15(22-2)17-16(8-11)23-5-6-24-17/h3-4,7-10H,5-6H2,1-2H3. The zero-order valence-electron chi connectivity index (χ0n) is 13.7. The lowest BCUT2D eigenvalue weighted by atomic mass is 10.1. The van der Waals surface area contributed by atoms with Crippen LogP contribution in [-0.4, -0.2) is 26.3 Å². The van der Waals surface area contributed by atoms with Gasteiger partial charge in [0, 0.05) is 5.56 Å². The molecule has 0 aliphatic carbocycles. The van der Waals surface area contributed by atoms with E-state index in [1.54, 1.807) is 0 Å². The summed E-state index contributed by atoms with van der Waals surface area (Å²) in [7, 11) is 1.44. The first-order valence-electron chi connectivity index (χ1n) is 7.63. The zero-order valence-corrected chi connectivity index (χ0v) is 13.7. The normalized spacial score (nSPS) is 13.9. The fraction of sp³-hybridized carbons (Fsp3) is 0.278. The van der Waals surface area contributed by atoms with Crippen LogP contribution in [0.3, 0.4) is 0 Å². The molecule has 1 aliphatic heterocycles. The third-order valence-electron chi connectivity index (χ3n) is 3.74. The van der Waals surface area contributed by atoms with Crippen LogP contribution < -0.4 is 14.2 Å². The number of halogens is 2. The molecule has 7 heteroatoms. The van der Waals surface area contributed by atoms with Crippen molar-refractivity contribution >= 4 is 5.97 Å². The molecule has 2 aromatic rings. The number of hydrogen-bond acceptors (Lipinski definition) is 5. The second-order valence-corrected chi connectivity index (χ2v) is 5.42. The van der Waals surface area contributed by atoms with Crippen molar-refractivity contribution in [1.29, 1.82) is 0 Å². The first kappa shape index (κ1) is 17.0. The van der Waals surface area contributed by atoms with Crippen molar-refractivity contribution in [2.24, 2.45) is 0 Å². The lowest BCUT2D eigenvalue weighted by Crippen LogP contribution is -2.17. The Kier molecular flexibility index (Phi) is 4.74. The van der Waals surface area contributed by atoms with Crippen LogP contribution in [0.2, 0.25) is 0 Å². The first-order valence-corrected chi connectivity index (χ1v) is 7.63. The van der Waals surface area contributed by atoms with E-state index in [9.17, 15) is 13.6 Å². The molecule has 0 amide bonds. The van der Waals surface area contributed by atoms with Crippen LogP contribution in [0.25, 0.3) is 0 Å². The Balaban J connectivity index is 1.84. The molecule has 1 aliphatic rings. The van der Waals surface area contributed by atoms with Gasteiger partial charge in [0.15, 0.2) is 11.5 Å². The Morgan fingerprint density at radius 3 is 2.68 bits per heavy atom. The molecule has 1 heterocycles. The number of rotatable bonds is 4. The van der Waals surface area contributed by atoms with E-state index in [2.05, 4.69) is 0 Å². The largest absolute Gasteiger partial charge is 0.493 e. The number of fused-ring (bicyclic) bond motifs is 1. The second kappa shape index (κ2) is 6.96. The van der Waals surface area contributed by atoms with Crippen molar-refractivity contribution in [3.8, 4) is 17.2 Å². The van der Waals surface area contributed by atoms with Gasteiger partial charge in [0.25, 0.3) is 0 Å². The van der Waals surface area contributed by atoms with Crippen LogP contribution in [0.15, 0.2) is 30.3 Å². The van der Waals surface area contributed by atoms with E-state index in [1.807, 2.05) is 0 Å². The summed E-state index contributed by atoms with van der Waals surface area (Å²) >= 11 is 0. The molecule has 5 nitrogen and oxygen atoms in total. The van der Waals surface area contributed by atoms with E-state index < -0.39 is 23.7 Å². The predicted octanol–water partition coefficient (Wildman–Crippen LogP) is 3.66. The molecule has 0 fully saturated rings. The van der Waals surface area contributed by atoms with E-state index in [-0.39, 0.29) is 11.1 Å². The van der Waals surface area contributed by atoms with Crippen LogP contribution >= 0.6 is 0 Å². The molecular weight excluding hydrogens is 334 g/mol. The van der Waals surface area contributed by atoms with Gasteiger partial charge in [-0.2, -0.15) is 0 Å². The van der Waals surface area contributed by atoms with Crippen molar-refractivity contribution in [2.45, 2.75) is 13.0 Å². The number of carbonyl (C=O) groups excluding carboxylic acids is 1. The molecule has 0 N–H and O–H groups in total. The summed E-state index contributed by atoms with van der Waals surface area (Å²) in [5.41, 5.74) is 0.114. The maximum atomic E-state index is 13.8. The smallest absolute Gasteiger partial charge is 0.339 e. The molecular formula is C18H16F2O5. The number of ether oxygens (including phenoxy) is 4. The minimum Gasteiger partial charge on any atom is -0.493 e. The molecule has 132 valence electrons. The molecule has 0 aromatic heterocycles. The topological polar surface area (TPSA) is 54.0 Å². The van der Waals surface area contributed by atoms with Crippen LogP contribution in [-0.2, 0) is 4.74 Å². The average Bonchev–Trinajstić information content (AvgIpc) is 2.62. The quantitative estimate of drug-likeness (QED) is 0.788. The van der Waals surface area contributed by atoms with Crippen molar-refractivity contribution in [3.63, 3.8) is 0 Å². The van der Waals surface area contributed by atoms with Crippen LogP contribution in [0.5, 0.6) is 17.2 Å². The molecule has 2 aromatic carbocycles. The molecule has 3 rings (SSSR count). The number of hydrogen-bond donors (Lipinski definition) is 0. The van der Waals surface area contributed by atoms with Crippen LogP contribution in [0.4, 0.5) is 8.78 Å². The predicted molar refractivity (Wildman–Crippen MR) is 84.2 cm³/mol. The Bertz CT molecular complexity index is 789. The highest BCUT2D eigenvalue weighted by molar-refractivity contribution is 5.91. The third-order valence-corrected chi connectivity index (χ3v) is 3.74. The molecule has 1 unspecified atom stereocenters. The third kappa shape index (κ3) is 3.50. The van der Waals surface area contributed by atoms with Gasteiger partial charge in [-0.1, -0.05) is 0 Å². The molecule has 0 bridgehead atoms. The first-order chi connectivity index (χ1) is 12.0. The summed E-state index contributed by atoms with van der Waals surface area (Å²) in [5, 5.41) is 0. The molecule has 0 saturated heterocycles. The Hall–Kier alpha value is -2.83. The van der Waals surface area contributed by atoms with E-state index in [4.69, 9.17) is 18.9 Å². The number of benzene rings is 2. The molecule has 1 atom stereocenters. The van der Waals surface area contributed by atoms with E-state index in [0.29, 0.717) is 30.5 Å². The van der Waals surface area contributed by atoms with E-state index >= 15 is 0 Å². The summed E-state index contributed by atoms with van der Waals surface area (Å²) < 4.78 is 48.5. The van der Waals surface area contributed by atoms with Crippen molar-refractivity contribution in [2.75, 3.05) is 20.3 Å². The summed E-state index contributed by atoms with van der Waals surface area (Å²) in [6, 6.07) is 5.90. The van der Waals surface area contributed by atoms with Gasteiger partial charge in [-0.15, -0.1) is 0 Å². The highest BCUT2D eigenvalue weighted by Gasteiger charge is 2.23. The number of carbonyl (C=O) groups is 1. The average molecular weight is 350 g/mol. The van der Waals surface area contributed by atoms with Crippen LogP contribution in [0.1, 0.15) is 28.9 Å². The monoisotopic (exact) mass is 350 g/mol. The molecule has 0 spiro atoms. The van der Waals surface area contributed by atoms with Crippen molar-refractivity contribution < 1.29 is 32.5 Å². The molecule has 25 heavy (non-hydrogen) atoms. The van der Waals surface area contributed by atoms with Gasteiger partial charge < -0.3 is 18.9 Å². The summed E-state index contributed by atoms with van der Waals surface area (Å²) in [6.45, 7) is 2.19. The lowest BCUT2D eigenvalue weighted by Gasteiger charge is -2.21. The van der Waals surface area contributed by atoms with Gasteiger partial charge in [0.1, 0.15) is 31.0 Å². The van der Waals surface area contributed by atoms with E-state index in [1.165, 1.54) is 26.2 Å². The van der Waals surface area contributed by atoms with Gasteiger partial charge in [0.2, 0.25) is 5.75 Å². The number of esters is 1. The SMILES string of the molecule is COc1cc(C(=O)OC(C)c2cc(F)ccc2F)cc2c1OCCO2. The molecule has 0 radical (unpaired) electrons. The summed E-state index contributed by atoms with van der Waals surface area (Å²) in [4.78, 5) is 12.4. The van der Waals surface area contributed by atoms with E-state index in [0.717, 1.165) is 18.2 Å². The second-order valence-electron chi connectivity index (χ2n) is 5.42. The van der Waals surface area contributed by atoms with Crippen molar-refractivity contribution in [1.82, 2.24) is 0 Å². The number of methoxy groups -OCH3 is 1. The fourth-order valence-corrected chi connectivity index (χ4v) is 2.51. The lowest BCUT2D eigenvalue weighted by molar-refractivity contribution is 0.0329. The zero-order chi connectivity index (χ0) is 18.0. The maximum absolute atomic E-state index is 13.8. The van der Waals surface area contributed by atoms with Crippen molar-refractivity contribution in [3.05, 3.63) is 53.1 Å².